The number of carbonyl (C=O) groups is 2. The molecular formula is C15H16N2O3. The lowest BCUT2D eigenvalue weighted by molar-refractivity contribution is -0.121. The van der Waals surface area contributed by atoms with Gasteiger partial charge in [0.2, 0.25) is 11.8 Å². The number of hydrogen-bond acceptors (Lipinski definition) is 3. The highest BCUT2D eigenvalue weighted by atomic mass is 16.3. The van der Waals surface area contributed by atoms with Gasteiger partial charge in [-0.1, -0.05) is 30.3 Å². The summed E-state index contributed by atoms with van der Waals surface area (Å²) in [6.45, 7) is 1.88. The summed E-state index contributed by atoms with van der Waals surface area (Å²) in [4.78, 5) is 22.8. The van der Waals surface area contributed by atoms with E-state index in [1.807, 2.05) is 30.3 Å². The van der Waals surface area contributed by atoms with Gasteiger partial charge < -0.3 is 15.1 Å². The number of hydrogen-bond donors (Lipinski definition) is 2. The molecule has 0 unspecified atom stereocenters. The van der Waals surface area contributed by atoms with Gasteiger partial charge in [0.15, 0.2) is 0 Å². The van der Waals surface area contributed by atoms with Crippen LogP contribution in [0.25, 0.3) is 0 Å². The quantitative estimate of drug-likeness (QED) is 0.875. The van der Waals surface area contributed by atoms with Crippen molar-refractivity contribution >= 4 is 17.5 Å². The van der Waals surface area contributed by atoms with Crippen LogP contribution in [0.2, 0.25) is 0 Å². The minimum atomic E-state index is -0.197. The fourth-order valence-corrected chi connectivity index (χ4v) is 1.78. The first-order valence-electron chi connectivity index (χ1n) is 6.29. The van der Waals surface area contributed by atoms with Gasteiger partial charge in [0.25, 0.3) is 0 Å². The molecular weight excluding hydrogens is 256 g/mol. The second kappa shape index (κ2) is 6.56. The third kappa shape index (κ3) is 3.98. The summed E-state index contributed by atoms with van der Waals surface area (Å²) >= 11 is 0. The van der Waals surface area contributed by atoms with Crippen molar-refractivity contribution in [2.75, 3.05) is 5.32 Å². The Morgan fingerprint density at radius 1 is 1.15 bits per heavy atom. The van der Waals surface area contributed by atoms with Crippen LogP contribution in [0.15, 0.2) is 47.1 Å². The highest BCUT2D eigenvalue weighted by molar-refractivity contribution is 5.90. The third-order valence-electron chi connectivity index (χ3n) is 2.71. The summed E-state index contributed by atoms with van der Waals surface area (Å²) in [5, 5.41) is 5.43. The maximum atomic E-state index is 11.8. The number of amides is 2. The lowest BCUT2D eigenvalue weighted by atomic mass is 10.2. The molecule has 2 rings (SSSR count). The topological polar surface area (TPSA) is 71.3 Å². The number of furan rings is 1. The zero-order chi connectivity index (χ0) is 14.4. The predicted octanol–water partition coefficient (Wildman–Crippen LogP) is 2.10. The Hall–Kier alpha value is -2.56. The van der Waals surface area contributed by atoms with Crippen LogP contribution in [0.1, 0.15) is 18.2 Å². The van der Waals surface area contributed by atoms with Crippen LogP contribution in [0.3, 0.4) is 0 Å². The summed E-state index contributed by atoms with van der Waals surface area (Å²) in [7, 11) is 0. The van der Waals surface area contributed by atoms with Crippen molar-refractivity contribution < 1.29 is 14.0 Å². The molecule has 104 valence electrons. The molecule has 20 heavy (non-hydrogen) atoms. The average molecular weight is 272 g/mol. The van der Waals surface area contributed by atoms with Crippen LogP contribution in [0, 0.1) is 0 Å². The molecule has 0 atom stereocenters. The van der Waals surface area contributed by atoms with E-state index in [0.29, 0.717) is 18.0 Å². The van der Waals surface area contributed by atoms with Gasteiger partial charge >= 0.3 is 0 Å². The second-order valence-corrected chi connectivity index (χ2v) is 4.38. The van der Waals surface area contributed by atoms with Crippen LogP contribution in [-0.2, 0) is 22.6 Å². The summed E-state index contributed by atoms with van der Waals surface area (Å²) in [5.41, 5.74) is 1.56. The standard InChI is InChI=1S/C15H16N2O3/c1-11(18)17-13-7-8-20-14(13)9-15(19)16-10-12-5-3-2-4-6-12/h2-8H,9-10H2,1H3,(H,16,19)(H,17,18). The number of anilines is 1. The normalized spacial score (nSPS) is 10.1. The molecule has 0 aliphatic heterocycles. The molecule has 2 N–H and O–H groups in total. The molecule has 0 bridgehead atoms. The van der Waals surface area contributed by atoms with Crippen LogP contribution < -0.4 is 10.6 Å². The van der Waals surface area contributed by atoms with Gasteiger partial charge in [-0.2, -0.15) is 0 Å². The molecule has 0 radical (unpaired) electrons. The van der Waals surface area contributed by atoms with E-state index in [2.05, 4.69) is 10.6 Å². The van der Waals surface area contributed by atoms with E-state index < -0.39 is 0 Å². The van der Waals surface area contributed by atoms with E-state index in [0.717, 1.165) is 5.56 Å². The van der Waals surface area contributed by atoms with E-state index in [4.69, 9.17) is 4.42 Å². The van der Waals surface area contributed by atoms with Crippen molar-refractivity contribution in [1.82, 2.24) is 5.32 Å². The number of nitrogens with one attached hydrogen (secondary N) is 2. The smallest absolute Gasteiger partial charge is 0.227 e. The Morgan fingerprint density at radius 2 is 1.90 bits per heavy atom. The van der Waals surface area contributed by atoms with Gasteiger partial charge in [-0.3, -0.25) is 9.59 Å². The first-order chi connectivity index (χ1) is 9.65. The maximum Gasteiger partial charge on any atom is 0.227 e. The Morgan fingerprint density at radius 3 is 2.60 bits per heavy atom. The summed E-state index contributed by atoms with van der Waals surface area (Å²) in [6.07, 6.45) is 1.54. The molecule has 1 aromatic heterocycles. The summed E-state index contributed by atoms with van der Waals surface area (Å²) in [6, 6.07) is 11.3. The van der Waals surface area contributed by atoms with Gasteiger partial charge in [0, 0.05) is 19.5 Å². The predicted molar refractivity (Wildman–Crippen MR) is 75.0 cm³/mol. The van der Waals surface area contributed by atoms with E-state index in [1.165, 1.54) is 13.2 Å². The Kier molecular flexibility index (Phi) is 4.55. The van der Waals surface area contributed by atoms with Gasteiger partial charge in [-0.05, 0) is 5.56 Å². The summed E-state index contributed by atoms with van der Waals surface area (Å²) < 4.78 is 5.21. The van der Waals surface area contributed by atoms with Gasteiger partial charge in [0.1, 0.15) is 5.76 Å². The second-order valence-electron chi connectivity index (χ2n) is 4.38. The fraction of sp³-hybridized carbons (Fsp3) is 0.200. The first-order valence-corrected chi connectivity index (χ1v) is 6.29. The van der Waals surface area contributed by atoms with Crippen LogP contribution in [0.5, 0.6) is 0 Å². The highest BCUT2D eigenvalue weighted by Gasteiger charge is 2.12. The van der Waals surface area contributed by atoms with E-state index in [9.17, 15) is 9.59 Å². The zero-order valence-corrected chi connectivity index (χ0v) is 11.2. The minimum Gasteiger partial charge on any atom is -0.467 e. The number of carbonyl (C=O) groups excluding carboxylic acids is 2. The van der Waals surface area contributed by atoms with Crippen LogP contribution >= 0.6 is 0 Å². The lowest BCUT2D eigenvalue weighted by Crippen LogP contribution is -2.24. The van der Waals surface area contributed by atoms with Gasteiger partial charge in [-0.15, -0.1) is 0 Å². The molecule has 0 saturated heterocycles. The number of benzene rings is 1. The fourth-order valence-electron chi connectivity index (χ4n) is 1.78. The van der Waals surface area contributed by atoms with E-state index in [-0.39, 0.29) is 18.2 Å². The molecule has 0 saturated carbocycles. The van der Waals surface area contributed by atoms with Crippen molar-refractivity contribution in [2.24, 2.45) is 0 Å². The Balaban J connectivity index is 1.88. The molecule has 2 amide bonds. The molecule has 0 aliphatic rings. The molecule has 0 fully saturated rings. The largest absolute Gasteiger partial charge is 0.467 e. The van der Waals surface area contributed by atoms with Crippen LogP contribution in [0.4, 0.5) is 5.69 Å². The van der Waals surface area contributed by atoms with Gasteiger partial charge in [0.05, 0.1) is 18.4 Å². The van der Waals surface area contributed by atoms with Crippen molar-refractivity contribution in [3.63, 3.8) is 0 Å². The monoisotopic (exact) mass is 272 g/mol. The number of rotatable bonds is 5. The molecule has 1 heterocycles. The molecule has 5 heteroatoms. The average Bonchev–Trinajstić information content (AvgIpc) is 2.84. The van der Waals surface area contributed by atoms with Crippen molar-refractivity contribution in [3.8, 4) is 0 Å². The van der Waals surface area contributed by atoms with Crippen molar-refractivity contribution in [1.29, 1.82) is 0 Å². The van der Waals surface area contributed by atoms with Crippen LogP contribution in [-0.4, -0.2) is 11.8 Å². The van der Waals surface area contributed by atoms with Crippen molar-refractivity contribution in [2.45, 2.75) is 19.9 Å². The van der Waals surface area contributed by atoms with E-state index in [1.54, 1.807) is 6.07 Å². The SMILES string of the molecule is CC(=O)Nc1ccoc1CC(=O)NCc1ccccc1. The first kappa shape index (κ1) is 13.9. The molecule has 5 nitrogen and oxygen atoms in total. The van der Waals surface area contributed by atoms with E-state index >= 15 is 0 Å². The molecule has 1 aromatic carbocycles. The van der Waals surface area contributed by atoms with Gasteiger partial charge in [-0.25, -0.2) is 0 Å². The zero-order valence-electron chi connectivity index (χ0n) is 11.2. The Labute approximate surface area is 117 Å². The highest BCUT2D eigenvalue weighted by Crippen LogP contribution is 2.17. The molecule has 0 spiro atoms. The lowest BCUT2D eigenvalue weighted by Gasteiger charge is -2.05. The third-order valence-corrected chi connectivity index (χ3v) is 2.71. The Bertz CT molecular complexity index is 590. The molecule has 2 aromatic rings. The maximum absolute atomic E-state index is 11.8. The summed E-state index contributed by atoms with van der Waals surface area (Å²) in [5.74, 6) is 0.0958. The van der Waals surface area contributed by atoms with Crippen molar-refractivity contribution in [3.05, 3.63) is 54.0 Å². The molecule has 0 aliphatic carbocycles. The minimum absolute atomic E-state index is 0.0927.